The van der Waals surface area contributed by atoms with Crippen LogP contribution in [0.2, 0.25) is 0 Å². The van der Waals surface area contributed by atoms with E-state index in [0.29, 0.717) is 17.8 Å². The summed E-state index contributed by atoms with van der Waals surface area (Å²) in [4.78, 5) is 21.4. The summed E-state index contributed by atoms with van der Waals surface area (Å²) in [5.74, 6) is 0.766. The first-order valence-electron chi connectivity index (χ1n) is 8.67. The average Bonchev–Trinajstić information content (AvgIpc) is 3.29. The molecule has 1 saturated heterocycles. The van der Waals surface area contributed by atoms with Gasteiger partial charge in [0.25, 0.3) is 5.91 Å². The fraction of sp³-hybridized carbons (Fsp3) is 0.389. The van der Waals surface area contributed by atoms with Gasteiger partial charge >= 0.3 is 0 Å². The van der Waals surface area contributed by atoms with Crippen molar-refractivity contribution < 1.29 is 4.79 Å². The lowest BCUT2D eigenvalue weighted by Crippen LogP contribution is -2.32. The number of nitrogens with zero attached hydrogens (tertiary/aromatic N) is 7. The van der Waals surface area contributed by atoms with Crippen molar-refractivity contribution in [2.75, 3.05) is 25.5 Å². The zero-order chi connectivity index (χ0) is 18.3. The highest BCUT2D eigenvalue weighted by Crippen LogP contribution is 2.32. The van der Waals surface area contributed by atoms with Crippen LogP contribution >= 0.6 is 0 Å². The van der Waals surface area contributed by atoms with Crippen molar-refractivity contribution in [2.24, 2.45) is 0 Å². The van der Waals surface area contributed by atoms with Crippen LogP contribution in [0.4, 0.5) is 5.82 Å². The number of rotatable bonds is 3. The largest absolute Gasteiger partial charge is 0.361 e. The van der Waals surface area contributed by atoms with E-state index in [-0.39, 0.29) is 11.9 Å². The highest BCUT2D eigenvalue weighted by atomic mass is 16.2. The predicted molar refractivity (Wildman–Crippen MR) is 97.1 cm³/mol. The Hall–Kier alpha value is -3.03. The minimum absolute atomic E-state index is 0.0339. The van der Waals surface area contributed by atoms with E-state index in [9.17, 15) is 4.79 Å². The molecule has 4 heterocycles. The van der Waals surface area contributed by atoms with E-state index in [2.05, 4.69) is 20.3 Å². The zero-order valence-electron chi connectivity index (χ0n) is 15.1. The maximum atomic E-state index is 13.2. The van der Waals surface area contributed by atoms with Crippen LogP contribution in [0, 0.1) is 6.92 Å². The number of aromatic nitrogens is 5. The number of aryl methyl sites for hydroxylation is 1. The summed E-state index contributed by atoms with van der Waals surface area (Å²) in [6.45, 7) is 2.56. The molecule has 1 unspecified atom stereocenters. The molecule has 0 bridgehead atoms. The van der Waals surface area contributed by atoms with E-state index in [1.165, 1.54) is 0 Å². The van der Waals surface area contributed by atoms with Crippen LogP contribution in [0.25, 0.3) is 5.65 Å². The Balaban J connectivity index is 1.64. The number of hydrogen-bond acceptors (Lipinski definition) is 6. The molecular weight excluding hydrogens is 330 g/mol. The molecule has 0 spiro atoms. The first kappa shape index (κ1) is 16.4. The quantitative estimate of drug-likeness (QED) is 0.717. The molecule has 1 atom stereocenters. The maximum absolute atomic E-state index is 13.2. The molecule has 0 aromatic carbocycles. The number of anilines is 1. The van der Waals surface area contributed by atoms with E-state index in [1.54, 1.807) is 16.9 Å². The van der Waals surface area contributed by atoms with Gasteiger partial charge < -0.3 is 9.80 Å². The van der Waals surface area contributed by atoms with Crippen LogP contribution in [-0.2, 0) is 0 Å². The average molecular weight is 351 g/mol. The van der Waals surface area contributed by atoms with Crippen molar-refractivity contribution in [3.63, 3.8) is 0 Å². The van der Waals surface area contributed by atoms with Gasteiger partial charge in [-0.3, -0.25) is 4.79 Å². The number of fused-ring (bicyclic) bond motifs is 1. The van der Waals surface area contributed by atoms with Gasteiger partial charge in [0.2, 0.25) is 0 Å². The molecule has 0 saturated carbocycles. The molecule has 4 rings (SSSR count). The predicted octanol–water partition coefficient (Wildman–Crippen LogP) is 1.87. The van der Waals surface area contributed by atoms with Gasteiger partial charge in [-0.2, -0.15) is 10.2 Å². The van der Waals surface area contributed by atoms with Gasteiger partial charge in [0.05, 0.1) is 29.2 Å². The normalized spacial score (nSPS) is 17.0. The molecule has 134 valence electrons. The van der Waals surface area contributed by atoms with E-state index in [0.717, 1.165) is 30.0 Å². The van der Waals surface area contributed by atoms with Crippen LogP contribution in [0.5, 0.6) is 0 Å². The third-order valence-electron chi connectivity index (χ3n) is 4.79. The summed E-state index contributed by atoms with van der Waals surface area (Å²) in [5.41, 5.74) is 2.85. The topological polar surface area (TPSA) is 79.5 Å². The van der Waals surface area contributed by atoms with E-state index >= 15 is 0 Å². The fourth-order valence-corrected chi connectivity index (χ4v) is 3.38. The van der Waals surface area contributed by atoms with E-state index in [1.807, 2.05) is 49.0 Å². The van der Waals surface area contributed by atoms with Gasteiger partial charge in [-0.05, 0) is 31.9 Å². The standard InChI is InChI=1S/C18H21N7O/c1-12-13(11-25-16(20-12)8-9-19-25)18(26)24-10-4-5-15(24)14-6-7-17(22-21-14)23(2)3/h6-9,11,15H,4-5,10H2,1-3H3. The Morgan fingerprint density at radius 1 is 1.23 bits per heavy atom. The SMILES string of the molecule is Cc1nc2ccnn2cc1C(=O)N1CCCC1c1ccc(N(C)C)nn1. The molecule has 8 heteroatoms. The van der Waals surface area contributed by atoms with Crippen LogP contribution < -0.4 is 4.90 Å². The summed E-state index contributed by atoms with van der Waals surface area (Å²) in [6, 6.07) is 5.66. The van der Waals surface area contributed by atoms with Crippen molar-refractivity contribution in [1.82, 2.24) is 29.7 Å². The van der Waals surface area contributed by atoms with Gasteiger partial charge in [0.1, 0.15) is 0 Å². The second-order valence-electron chi connectivity index (χ2n) is 6.74. The van der Waals surface area contributed by atoms with Crippen molar-refractivity contribution >= 4 is 17.4 Å². The Kier molecular flexibility index (Phi) is 4.02. The van der Waals surface area contributed by atoms with Crippen LogP contribution in [0.1, 0.15) is 40.6 Å². The molecule has 3 aromatic heterocycles. The molecule has 1 aliphatic heterocycles. The number of amides is 1. The van der Waals surface area contributed by atoms with Crippen molar-refractivity contribution in [3.8, 4) is 0 Å². The second-order valence-corrected chi connectivity index (χ2v) is 6.74. The molecule has 1 aliphatic rings. The Bertz CT molecular complexity index is 948. The summed E-state index contributed by atoms with van der Waals surface area (Å²) >= 11 is 0. The van der Waals surface area contributed by atoms with Crippen molar-refractivity contribution in [3.05, 3.63) is 47.5 Å². The first-order valence-corrected chi connectivity index (χ1v) is 8.67. The molecule has 1 amide bonds. The highest BCUT2D eigenvalue weighted by Gasteiger charge is 2.33. The van der Waals surface area contributed by atoms with E-state index < -0.39 is 0 Å². The van der Waals surface area contributed by atoms with Crippen LogP contribution in [0.15, 0.2) is 30.6 Å². The van der Waals surface area contributed by atoms with Gasteiger partial charge in [0, 0.05) is 32.9 Å². The van der Waals surface area contributed by atoms with Gasteiger partial charge in [-0.15, -0.1) is 5.10 Å². The van der Waals surface area contributed by atoms with Gasteiger partial charge in [-0.1, -0.05) is 0 Å². The zero-order valence-corrected chi connectivity index (χ0v) is 15.1. The molecule has 1 fully saturated rings. The van der Waals surface area contributed by atoms with Gasteiger partial charge in [0.15, 0.2) is 11.5 Å². The molecule has 0 aliphatic carbocycles. The lowest BCUT2D eigenvalue weighted by atomic mass is 10.1. The molecular formula is C18H21N7O. The Labute approximate surface area is 151 Å². The summed E-state index contributed by atoms with van der Waals surface area (Å²) < 4.78 is 1.64. The smallest absolute Gasteiger partial charge is 0.257 e. The fourth-order valence-electron chi connectivity index (χ4n) is 3.38. The summed E-state index contributed by atoms with van der Waals surface area (Å²) in [6.07, 6.45) is 5.27. The molecule has 8 nitrogen and oxygen atoms in total. The third kappa shape index (κ3) is 2.77. The van der Waals surface area contributed by atoms with Crippen LogP contribution in [0.3, 0.4) is 0 Å². The number of carbonyl (C=O) groups excluding carboxylic acids is 1. The maximum Gasteiger partial charge on any atom is 0.257 e. The highest BCUT2D eigenvalue weighted by molar-refractivity contribution is 5.95. The molecule has 3 aromatic rings. The second kappa shape index (κ2) is 6.36. The number of hydrogen-bond donors (Lipinski definition) is 0. The molecule has 0 radical (unpaired) electrons. The third-order valence-corrected chi connectivity index (χ3v) is 4.79. The van der Waals surface area contributed by atoms with Crippen molar-refractivity contribution in [1.29, 1.82) is 0 Å². The van der Waals surface area contributed by atoms with E-state index in [4.69, 9.17) is 0 Å². The lowest BCUT2D eigenvalue weighted by Gasteiger charge is -2.25. The minimum Gasteiger partial charge on any atom is -0.361 e. The summed E-state index contributed by atoms with van der Waals surface area (Å²) in [5, 5.41) is 12.8. The minimum atomic E-state index is -0.0565. The summed E-state index contributed by atoms with van der Waals surface area (Å²) in [7, 11) is 3.85. The van der Waals surface area contributed by atoms with Crippen molar-refractivity contribution in [2.45, 2.75) is 25.8 Å². The van der Waals surface area contributed by atoms with Crippen LogP contribution in [-0.4, -0.2) is 56.2 Å². The molecule has 0 N–H and O–H groups in total. The first-order chi connectivity index (χ1) is 12.5. The lowest BCUT2D eigenvalue weighted by molar-refractivity contribution is 0.0730. The Morgan fingerprint density at radius 3 is 2.81 bits per heavy atom. The number of carbonyl (C=O) groups is 1. The Morgan fingerprint density at radius 2 is 2.08 bits per heavy atom. The number of likely N-dealkylation sites (tertiary alicyclic amines) is 1. The monoisotopic (exact) mass is 351 g/mol. The molecule has 26 heavy (non-hydrogen) atoms. The van der Waals surface area contributed by atoms with Gasteiger partial charge in [-0.25, -0.2) is 9.50 Å².